The van der Waals surface area contributed by atoms with E-state index in [1.165, 1.54) is 23.2 Å². The summed E-state index contributed by atoms with van der Waals surface area (Å²) in [5.41, 5.74) is 2.76. The maximum absolute atomic E-state index is 14.2. The molecule has 1 fully saturated rings. The molecule has 3 aromatic carbocycles. The Morgan fingerprint density at radius 1 is 0.919 bits per heavy atom. The minimum absolute atomic E-state index is 0.145. The van der Waals surface area contributed by atoms with Crippen molar-refractivity contribution in [3.05, 3.63) is 89.5 Å². The van der Waals surface area contributed by atoms with Gasteiger partial charge in [0.05, 0.1) is 24.0 Å². The number of anilines is 1. The second kappa shape index (κ2) is 9.82. The molecule has 6 rings (SSSR count). The molecule has 0 bridgehead atoms. The fourth-order valence-electron chi connectivity index (χ4n) is 5.08. The summed E-state index contributed by atoms with van der Waals surface area (Å²) in [6.07, 6.45) is 0.454. The Balaban J connectivity index is 1.20. The van der Waals surface area contributed by atoms with E-state index in [9.17, 15) is 13.6 Å². The van der Waals surface area contributed by atoms with E-state index in [-0.39, 0.29) is 36.9 Å². The Morgan fingerprint density at radius 2 is 1.73 bits per heavy atom. The number of carbonyl (C=O) groups is 1. The lowest BCUT2D eigenvalue weighted by molar-refractivity contribution is -0.134. The molecule has 1 saturated heterocycles. The lowest BCUT2D eigenvalue weighted by Crippen LogP contribution is -2.49. The van der Waals surface area contributed by atoms with E-state index >= 15 is 0 Å². The molecular weight excluding hydrogens is 478 g/mol. The lowest BCUT2D eigenvalue weighted by Gasteiger charge is -2.36. The Labute approximate surface area is 213 Å². The standard InChI is InChI=1S/C28H26F2N4O3/c29-21-5-3-4-19(14-21)23-16-25(20-8-9-26-27(15-20)37-18-36-26)34(31-23)28(35)17-32-10-12-33(13-11-32)24-7-2-1-6-22(24)30/h1-9,14-15,25H,10-13,16-18H2. The van der Waals surface area contributed by atoms with Crippen LogP contribution in [0.15, 0.2) is 71.8 Å². The first-order chi connectivity index (χ1) is 18.0. The molecule has 1 unspecified atom stereocenters. The summed E-state index contributed by atoms with van der Waals surface area (Å²) in [4.78, 5) is 17.6. The van der Waals surface area contributed by atoms with Crippen molar-refractivity contribution in [2.45, 2.75) is 12.5 Å². The largest absolute Gasteiger partial charge is 0.454 e. The molecule has 0 aliphatic carbocycles. The van der Waals surface area contributed by atoms with Gasteiger partial charge >= 0.3 is 0 Å². The molecule has 0 saturated carbocycles. The number of para-hydroxylation sites is 1. The number of nitrogens with zero attached hydrogens (tertiary/aromatic N) is 4. The van der Waals surface area contributed by atoms with Crippen molar-refractivity contribution in [3.8, 4) is 11.5 Å². The number of hydrogen-bond acceptors (Lipinski definition) is 6. The van der Waals surface area contributed by atoms with Crippen molar-refractivity contribution in [1.82, 2.24) is 9.91 Å². The number of rotatable bonds is 5. The van der Waals surface area contributed by atoms with E-state index in [0.717, 1.165) is 5.56 Å². The minimum atomic E-state index is -0.350. The van der Waals surface area contributed by atoms with Gasteiger partial charge in [0.2, 0.25) is 6.79 Å². The van der Waals surface area contributed by atoms with Crippen molar-refractivity contribution in [2.24, 2.45) is 5.10 Å². The first-order valence-corrected chi connectivity index (χ1v) is 12.3. The summed E-state index contributed by atoms with van der Waals surface area (Å²) in [6.45, 7) is 2.85. The Bertz CT molecular complexity index is 1360. The molecule has 0 radical (unpaired) electrons. The van der Waals surface area contributed by atoms with Gasteiger partial charge in [-0.15, -0.1) is 0 Å². The molecule has 3 aliphatic rings. The van der Waals surface area contributed by atoms with E-state index in [0.29, 0.717) is 61.1 Å². The number of hydrazone groups is 1. The van der Waals surface area contributed by atoms with Crippen LogP contribution in [0.2, 0.25) is 0 Å². The highest BCUT2D eigenvalue weighted by molar-refractivity contribution is 6.03. The summed E-state index contributed by atoms with van der Waals surface area (Å²) >= 11 is 0. The topological polar surface area (TPSA) is 57.6 Å². The smallest absolute Gasteiger partial charge is 0.257 e. The van der Waals surface area contributed by atoms with Crippen LogP contribution in [0.25, 0.3) is 0 Å². The molecule has 1 amide bonds. The first kappa shape index (κ1) is 23.4. The molecule has 37 heavy (non-hydrogen) atoms. The molecule has 1 atom stereocenters. The molecule has 190 valence electrons. The number of benzene rings is 3. The summed E-state index contributed by atoms with van der Waals surface area (Å²) in [5.74, 6) is 0.563. The van der Waals surface area contributed by atoms with Crippen molar-refractivity contribution in [2.75, 3.05) is 44.4 Å². The quantitative estimate of drug-likeness (QED) is 0.522. The molecule has 3 aliphatic heterocycles. The van der Waals surface area contributed by atoms with Gasteiger partial charge in [0.1, 0.15) is 11.6 Å². The Hall–Kier alpha value is -3.98. The lowest BCUT2D eigenvalue weighted by atomic mass is 9.98. The minimum Gasteiger partial charge on any atom is -0.454 e. The summed E-state index contributed by atoms with van der Waals surface area (Å²) in [6, 6.07) is 18.3. The van der Waals surface area contributed by atoms with Crippen molar-refractivity contribution >= 4 is 17.3 Å². The van der Waals surface area contributed by atoms with Crippen LogP contribution < -0.4 is 14.4 Å². The van der Waals surface area contributed by atoms with Crippen molar-refractivity contribution in [3.63, 3.8) is 0 Å². The van der Waals surface area contributed by atoms with Crippen LogP contribution in [0.3, 0.4) is 0 Å². The molecule has 0 aromatic heterocycles. The molecule has 0 spiro atoms. The van der Waals surface area contributed by atoms with Crippen LogP contribution in [0, 0.1) is 11.6 Å². The summed E-state index contributed by atoms with van der Waals surface area (Å²) in [7, 11) is 0. The van der Waals surface area contributed by atoms with E-state index in [1.807, 2.05) is 29.2 Å². The van der Waals surface area contributed by atoms with E-state index in [1.54, 1.807) is 24.3 Å². The van der Waals surface area contributed by atoms with Gasteiger partial charge in [-0.3, -0.25) is 9.69 Å². The van der Waals surface area contributed by atoms with Gasteiger partial charge < -0.3 is 14.4 Å². The monoisotopic (exact) mass is 504 g/mol. The second-order valence-electron chi connectivity index (χ2n) is 9.34. The fourth-order valence-corrected chi connectivity index (χ4v) is 5.08. The molecular formula is C28H26F2N4O3. The van der Waals surface area contributed by atoms with Crippen LogP contribution in [0.1, 0.15) is 23.6 Å². The number of hydrogen-bond donors (Lipinski definition) is 0. The van der Waals surface area contributed by atoms with Crippen LogP contribution in [0.4, 0.5) is 14.5 Å². The summed E-state index contributed by atoms with van der Waals surface area (Å²) in [5, 5.41) is 6.18. The zero-order chi connectivity index (χ0) is 25.4. The highest BCUT2D eigenvalue weighted by atomic mass is 19.1. The van der Waals surface area contributed by atoms with Gasteiger partial charge in [0.15, 0.2) is 11.5 Å². The first-order valence-electron chi connectivity index (χ1n) is 12.3. The predicted molar refractivity (Wildman–Crippen MR) is 135 cm³/mol. The van der Waals surface area contributed by atoms with Gasteiger partial charge in [0.25, 0.3) is 5.91 Å². The average molecular weight is 505 g/mol. The molecule has 9 heteroatoms. The molecule has 7 nitrogen and oxygen atoms in total. The third-order valence-corrected chi connectivity index (χ3v) is 7.03. The van der Waals surface area contributed by atoms with Crippen LogP contribution in [-0.4, -0.2) is 61.0 Å². The number of halogens is 2. The molecule has 0 N–H and O–H groups in total. The molecule has 3 aromatic rings. The van der Waals surface area contributed by atoms with Gasteiger partial charge in [-0.2, -0.15) is 5.10 Å². The number of ether oxygens (including phenoxy) is 2. The predicted octanol–water partition coefficient (Wildman–Crippen LogP) is 4.19. The number of carbonyl (C=O) groups excluding carboxylic acids is 1. The average Bonchev–Trinajstić information content (AvgIpc) is 3.57. The fraction of sp³-hybridized carbons (Fsp3) is 0.286. The zero-order valence-electron chi connectivity index (χ0n) is 20.1. The van der Waals surface area contributed by atoms with Gasteiger partial charge in [-0.05, 0) is 42.0 Å². The van der Waals surface area contributed by atoms with Crippen molar-refractivity contribution in [1.29, 1.82) is 0 Å². The maximum Gasteiger partial charge on any atom is 0.257 e. The SMILES string of the molecule is O=C(CN1CCN(c2ccccc2F)CC1)N1N=C(c2cccc(F)c2)CC1c1ccc2c(c1)OCO2. The Morgan fingerprint density at radius 3 is 2.54 bits per heavy atom. The summed E-state index contributed by atoms with van der Waals surface area (Å²) < 4.78 is 39.1. The van der Waals surface area contributed by atoms with E-state index < -0.39 is 0 Å². The number of amides is 1. The second-order valence-corrected chi connectivity index (χ2v) is 9.34. The highest BCUT2D eigenvalue weighted by Gasteiger charge is 2.35. The van der Waals surface area contributed by atoms with Gasteiger partial charge in [-0.25, -0.2) is 13.8 Å². The van der Waals surface area contributed by atoms with Crippen LogP contribution in [-0.2, 0) is 4.79 Å². The zero-order valence-corrected chi connectivity index (χ0v) is 20.1. The van der Waals surface area contributed by atoms with Crippen LogP contribution in [0.5, 0.6) is 11.5 Å². The van der Waals surface area contributed by atoms with Crippen molar-refractivity contribution < 1.29 is 23.0 Å². The van der Waals surface area contributed by atoms with E-state index in [2.05, 4.69) is 10.0 Å². The van der Waals surface area contributed by atoms with E-state index in [4.69, 9.17) is 9.47 Å². The highest BCUT2D eigenvalue weighted by Crippen LogP contribution is 2.39. The third kappa shape index (κ3) is 4.74. The number of piperazine rings is 1. The third-order valence-electron chi connectivity index (χ3n) is 7.03. The number of fused-ring (bicyclic) bond motifs is 1. The maximum atomic E-state index is 14.2. The van der Waals surface area contributed by atoms with Gasteiger partial charge in [-0.1, -0.05) is 30.3 Å². The van der Waals surface area contributed by atoms with Gasteiger partial charge in [0, 0.05) is 38.2 Å². The normalized spacial score (nSPS) is 19.3. The van der Waals surface area contributed by atoms with Crippen LogP contribution >= 0.6 is 0 Å². The Kier molecular flexibility index (Phi) is 6.21. The molecule has 3 heterocycles.